The highest BCUT2D eigenvalue weighted by atomic mass is 16.5. The third-order valence-corrected chi connectivity index (χ3v) is 3.25. The van der Waals surface area contributed by atoms with Crippen LogP contribution >= 0.6 is 0 Å². The van der Waals surface area contributed by atoms with E-state index in [1.165, 1.54) is 4.90 Å². The third kappa shape index (κ3) is 1.85. The largest absolute Gasteiger partial charge is 0.386 e. The summed E-state index contributed by atoms with van der Waals surface area (Å²) in [7, 11) is 0. The molecule has 1 atom stereocenters. The standard InChI is InChI=1S/C11H17NO4/c1-10(2)5-8(13)12(9(10)14)6-11(15)3-4-16-7-11/h15H,3-7H2,1-2H3. The Morgan fingerprint density at radius 1 is 1.44 bits per heavy atom. The van der Waals surface area contributed by atoms with Crippen LogP contribution in [-0.4, -0.2) is 47.2 Å². The summed E-state index contributed by atoms with van der Waals surface area (Å²) < 4.78 is 5.09. The minimum Gasteiger partial charge on any atom is -0.386 e. The Labute approximate surface area is 94.4 Å². The predicted molar refractivity (Wildman–Crippen MR) is 55.5 cm³/mol. The molecule has 2 fully saturated rings. The van der Waals surface area contributed by atoms with Crippen molar-refractivity contribution in [2.45, 2.75) is 32.3 Å². The molecule has 2 heterocycles. The Kier molecular flexibility index (Phi) is 2.55. The molecule has 0 bridgehead atoms. The highest BCUT2D eigenvalue weighted by Gasteiger charge is 2.48. The molecule has 5 heteroatoms. The number of carbonyl (C=O) groups excluding carboxylic acids is 2. The average Bonchev–Trinajstić information content (AvgIpc) is 2.66. The fourth-order valence-electron chi connectivity index (χ4n) is 2.20. The van der Waals surface area contributed by atoms with Gasteiger partial charge in [0.2, 0.25) is 11.8 Å². The number of hydrogen-bond donors (Lipinski definition) is 1. The van der Waals surface area contributed by atoms with Crippen LogP contribution in [0.25, 0.3) is 0 Å². The van der Waals surface area contributed by atoms with Gasteiger partial charge >= 0.3 is 0 Å². The number of imide groups is 1. The molecule has 0 aliphatic carbocycles. The van der Waals surface area contributed by atoms with Crippen molar-refractivity contribution in [2.24, 2.45) is 5.41 Å². The van der Waals surface area contributed by atoms with Crippen LogP contribution in [0.4, 0.5) is 0 Å². The summed E-state index contributed by atoms with van der Waals surface area (Å²) in [5.74, 6) is -0.395. The summed E-state index contributed by atoms with van der Waals surface area (Å²) in [4.78, 5) is 24.8. The molecule has 1 unspecified atom stereocenters. The molecule has 5 nitrogen and oxygen atoms in total. The molecule has 2 amide bonds. The van der Waals surface area contributed by atoms with Gasteiger partial charge in [0.1, 0.15) is 5.60 Å². The Morgan fingerprint density at radius 3 is 2.56 bits per heavy atom. The lowest BCUT2D eigenvalue weighted by Crippen LogP contribution is -2.46. The maximum absolute atomic E-state index is 11.9. The molecule has 0 aromatic carbocycles. The Hall–Kier alpha value is -0.940. The van der Waals surface area contributed by atoms with Crippen molar-refractivity contribution in [2.75, 3.05) is 19.8 Å². The van der Waals surface area contributed by atoms with Gasteiger partial charge in [-0.05, 0) is 0 Å². The molecule has 0 aromatic rings. The number of nitrogens with zero attached hydrogens (tertiary/aromatic N) is 1. The minimum atomic E-state index is -1.05. The number of ether oxygens (including phenoxy) is 1. The fraction of sp³-hybridized carbons (Fsp3) is 0.818. The molecule has 0 spiro atoms. The lowest BCUT2D eigenvalue weighted by atomic mass is 9.92. The van der Waals surface area contributed by atoms with E-state index in [0.717, 1.165) is 0 Å². The normalized spacial score (nSPS) is 33.8. The quantitative estimate of drug-likeness (QED) is 0.670. The number of aliphatic hydroxyl groups is 1. The molecular weight excluding hydrogens is 210 g/mol. The van der Waals surface area contributed by atoms with E-state index in [-0.39, 0.29) is 31.4 Å². The van der Waals surface area contributed by atoms with Crippen molar-refractivity contribution in [3.63, 3.8) is 0 Å². The van der Waals surface area contributed by atoms with Crippen LogP contribution in [0.5, 0.6) is 0 Å². The molecule has 0 radical (unpaired) electrons. The minimum absolute atomic E-state index is 0.0636. The zero-order chi connectivity index (χ0) is 12.0. The van der Waals surface area contributed by atoms with E-state index in [2.05, 4.69) is 0 Å². The monoisotopic (exact) mass is 227 g/mol. The molecule has 2 aliphatic heterocycles. The van der Waals surface area contributed by atoms with Crippen molar-refractivity contribution in [3.8, 4) is 0 Å². The first-order valence-corrected chi connectivity index (χ1v) is 5.49. The van der Waals surface area contributed by atoms with Crippen LogP contribution in [-0.2, 0) is 14.3 Å². The fourth-order valence-corrected chi connectivity index (χ4v) is 2.20. The summed E-state index contributed by atoms with van der Waals surface area (Å²) in [6.45, 7) is 4.25. The van der Waals surface area contributed by atoms with E-state index in [4.69, 9.17) is 4.74 Å². The van der Waals surface area contributed by atoms with E-state index in [0.29, 0.717) is 13.0 Å². The zero-order valence-corrected chi connectivity index (χ0v) is 9.65. The Morgan fingerprint density at radius 2 is 2.12 bits per heavy atom. The first kappa shape index (κ1) is 11.5. The summed E-state index contributed by atoms with van der Waals surface area (Å²) in [5, 5.41) is 10.1. The van der Waals surface area contributed by atoms with Crippen LogP contribution in [0, 0.1) is 5.41 Å². The van der Waals surface area contributed by atoms with Gasteiger partial charge in [0, 0.05) is 19.4 Å². The van der Waals surface area contributed by atoms with Gasteiger partial charge in [-0.25, -0.2) is 0 Å². The van der Waals surface area contributed by atoms with Crippen LogP contribution in [0.1, 0.15) is 26.7 Å². The van der Waals surface area contributed by atoms with Gasteiger partial charge < -0.3 is 9.84 Å². The maximum Gasteiger partial charge on any atom is 0.235 e. The summed E-state index contributed by atoms with van der Waals surface area (Å²) in [6.07, 6.45) is 0.702. The Balaban J connectivity index is 2.11. The number of rotatable bonds is 2. The van der Waals surface area contributed by atoms with Crippen LogP contribution in [0.3, 0.4) is 0 Å². The van der Waals surface area contributed by atoms with Gasteiger partial charge in [-0.1, -0.05) is 13.8 Å². The first-order chi connectivity index (χ1) is 7.34. The second-order valence-corrected chi connectivity index (χ2v) is 5.37. The first-order valence-electron chi connectivity index (χ1n) is 5.49. The average molecular weight is 227 g/mol. The molecule has 2 saturated heterocycles. The van der Waals surface area contributed by atoms with Crippen molar-refractivity contribution in [3.05, 3.63) is 0 Å². The molecule has 2 rings (SSSR count). The van der Waals surface area contributed by atoms with Crippen molar-refractivity contribution < 1.29 is 19.4 Å². The molecule has 2 aliphatic rings. The van der Waals surface area contributed by atoms with E-state index < -0.39 is 11.0 Å². The molecule has 16 heavy (non-hydrogen) atoms. The van der Waals surface area contributed by atoms with Gasteiger partial charge in [-0.2, -0.15) is 0 Å². The SMILES string of the molecule is CC1(C)CC(=O)N(CC2(O)CCOC2)C1=O. The van der Waals surface area contributed by atoms with Gasteiger partial charge in [-0.15, -0.1) is 0 Å². The topological polar surface area (TPSA) is 66.8 Å². The van der Waals surface area contributed by atoms with Gasteiger partial charge in [0.05, 0.1) is 18.6 Å². The van der Waals surface area contributed by atoms with E-state index in [1.54, 1.807) is 13.8 Å². The maximum atomic E-state index is 11.9. The molecule has 1 N–H and O–H groups in total. The van der Waals surface area contributed by atoms with Gasteiger partial charge in [0.25, 0.3) is 0 Å². The number of likely N-dealkylation sites (tertiary alicyclic amines) is 1. The van der Waals surface area contributed by atoms with Crippen molar-refractivity contribution in [1.29, 1.82) is 0 Å². The second kappa shape index (κ2) is 3.53. The van der Waals surface area contributed by atoms with E-state index >= 15 is 0 Å². The van der Waals surface area contributed by atoms with Gasteiger partial charge in [0.15, 0.2) is 0 Å². The van der Waals surface area contributed by atoms with Crippen molar-refractivity contribution >= 4 is 11.8 Å². The highest BCUT2D eigenvalue weighted by Crippen LogP contribution is 2.33. The summed E-state index contributed by atoms with van der Waals surface area (Å²) in [5.41, 5.74) is -1.68. The van der Waals surface area contributed by atoms with E-state index in [9.17, 15) is 14.7 Å². The molecule has 0 saturated carbocycles. The molecular formula is C11H17NO4. The lowest BCUT2D eigenvalue weighted by Gasteiger charge is -2.26. The predicted octanol–water partition coefficient (Wildman–Crippen LogP) is -0.0771. The smallest absolute Gasteiger partial charge is 0.235 e. The summed E-state index contributed by atoms with van der Waals surface area (Å²) in [6, 6.07) is 0. The van der Waals surface area contributed by atoms with Crippen LogP contribution in [0.2, 0.25) is 0 Å². The number of amides is 2. The van der Waals surface area contributed by atoms with Crippen LogP contribution < -0.4 is 0 Å². The second-order valence-electron chi connectivity index (χ2n) is 5.37. The lowest BCUT2D eigenvalue weighted by molar-refractivity contribution is -0.144. The van der Waals surface area contributed by atoms with E-state index in [1.807, 2.05) is 0 Å². The molecule has 90 valence electrons. The summed E-state index contributed by atoms with van der Waals surface area (Å²) >= 11 is 0. The third-order valence-electron chi connectivity index (χ3n) is 3.25. The molecule has 0 aromatic heterocycles. The van der Waals surface area contributed by atoms with Crippen molar-refractivity contribution in [1.82, 2.24) is 4.90 Å². The van der Waals surface area contributed by atoms with Crippen LogP contribution in [0.15, 0.2) is 0 Å². The highest BCUT2D eigenvalue weighted by molar-refractivity contribution is 6.05. The van der Waals surface area contributed by atoms with Gasteiger partial charge in [-0.3, -0.25) is 14.5 Å². The number of β-amino-alcohol motifs (C(OH)–C–C–N with tert-alkyl or cyclic N) is 1. The number of carbonyl (C=O) groups is 2. The zero-order valence-electron chi connectivity index (χ0n) is 9.65. The Bertz CT molecular complexity index is 331. The number of hydrogen-bond acceptors (Lipinski definition) is 4.